The number of hydrogen-bond acceptors (Lipinski definition) is 3. The number of guanidine groups is 1. The maximum absolute atomic E-state index is 13.6. The number of hydrogen-bond donors (Lipinski definition) is 2. The summed E-state index contributed by atoms with van der Waals surface area (Å²) in [6, 6.07) is 9.22. The molecule has 2 N–H and O–H groups in total. The Morgan fingerprint density at radius 3 is 2.88 bits per heavy atom. The SMILES string of the molecule is CCNC(=NCc1ccc(F)c(COC)c1)NCCc1cccs1. The van der Waals surface area contributed by atoms with Gasteiger partial charge in [-0.25, -0.2) is 9.38 Å². The molecule has 0 saturated carbocycles. The molecule has 0 atom stereocenters. The monoisotopic (exact) mass is 349 g/mol. The smallest absolute Gasteiger partial charge is 0.191 e. The van der Waals surface area contributed by atoms with Crippen molar-refractivity contribution in [2.45, 2.75) is 26.5 Å². The van der Waals surface area contributed by atoms with Crippen LogP contribution in [0.2, 0.25) is 0 Å². The minimum Gasteiger partial charge on any atom is -0.380 e. The zero-order valence-electron chi connectivity index (χ0n) is 14.1. The van der Waals surface area contributed by atoms with Crippen molar-refractivity contribution in [3.63, 3.8) is 0 Å². The van der Waals surface area contributed by atoms with Gasteiger partial charge in [0.05, 0.1) is 13.2 Å². The van der Waals surface area contributed by atoms with E-state index in [1.54, 1.807) is 30.6 Å². The summed E-state index contributed by atoms with van der Waals surface area (Å²) in [4.78, 5) is 5.92. The third-order valence-electron chi connectivity index (χ3n) is 3.42. The van der Waals surface area contributed by atoms with Crippen molar-refractivity contribution in [2.75, 3.05) is 20.2 Å². The second kappa shape index (κ2) is 10.1. The van der Waals surface area contributed by atoms with Crippen LogP contribution in [0, 0.1) is 5.82 Å². The lowest BCUT2D eigenvalue weighted by Crippen LogP contribution is -2.38. The molecule has 0 aliphatic rings. The van der Waals surface area contributed by atoms with Crippen molar-refractivity contribution in [1.82, 2.24) is 10.6 Å². The van der Waals surface area contributed by atoms with E-state index >= 15 is 0 Å². The molecule has 0 spiro atoms. The summed E-state index contributed by atoms with van der Waals surface area (Å²) in [6.07, 6.45) is 0.969. The predicted octanol–water partition coefficient (Wildman–Crippen LogP) is 3.33. The van der Waals surface area contributed by atoms with Gasteiger partial charge in [-0.15, -0.1) is 11.3 Å². The van der Waals surface area contributed by atoms with E-state index in [0.717, 1.165) is 31.0 Å². The van der Waals surface area contributed by atoms with Gasteiger partial charge in [0.1, 0.15) is 5.82 Å². The van der Waals surface area contributed by atoms with E-state index < -0.39 is 0 Å². The Labute approximate surface area is 146 Å². The van der Waals surface area contributed by atoms with Crippen LogP contribution in [0.3, 0.4) is 0 Å². The molecule has 2 aromatic rings. The predicted molar refractivity (Wildman–Crippen MR) is 98.0 cm³/mol. The summed E-state index contributed by atoms with van der Waals surface area (Å²) in [7, 11) is 1.56. The minimum absolute atomic E-state index is 0.245. The van der Waals surface area contributed by atoms with E-state index in [-0.39, 0.29) is 12.4 Å². The molecule has 0 saturated heterocycles. The number of nitrogens with zero attached hydrogens (tertiary/aromatic N) is 1. The van der Waals surface area contributed by atoms with Gasteiger partial charge in [-0.05, 0) is 42.5 Å². The minimum atomic E-state index is -0.245. The van der Waals surface area contributed by atoms with Gasteiger partial charge in [-0.1, -0.05) is 12.1 Å². The molecular weight excluding hydrogens is 325 g/mol. The van der Waals surface area contributed by atoms with Gasteiger partial charge in [-0.3, -0.25) is 0 Å². The van der Waals surface area contributed by atoms with Gasteiger partial charge in [0.25, 0.3) is 0 Å². The van der Waals surface area contributed by atoms with Gasteiger partial charge in [0.2, 0.25) is 0 Å². The van der Waals surface area contributed by atoms with Crippen molar-refractivity contribution in [3.05, 3.63) is 57.5 Å². The molecule has 6 heteroatoms. The van der Waals surface area contributed by atoms with E-state index in [4.69, 9.17) is 4.74 Å². The molecule has 0 radical (unpaired) electrons. The first kappa shape index (κ1) is 18.4. The van der Waals surface area contributed by atoms with E-state index in [1.165, 1.54) is 10.9 Å². The lowest BCUT2D eigenvalue weighted by molar-refractivity contribution is 0.181. The zero-order valence-corrected chi connectivity index (χ0v) is 15.0. The van der Waals surface area contributed by atoms with E-state index in [1.807, 2.05) is 6.92 Å². The number of methoxy groups -OCH3 is 1. The topological polar surface area (TPSA) is 45.7 Å². The van der Waals surface area contributed by atoms with Crippen LogP contribution in [0.1, 0.15) is 22.9 Å². The van der Waals surface area contributed by atoms with Crippen LogP contribution >= 0.6 is 11.3 Å². The summed E-state index contributed by atoms with van der Waals surface area (Å²) in [5, 5.41) is 8.64. The number of rotatable bonds is 8. The van der Waals surface area contributed by atoms with Crippen LogP contribution in [0.5, 0.6) is 0 Å². The second-order valence-electron chi connectivity index (χ2n) is 5.31. The molecule has 0 bridgehead atoms. The van der Waals surface area contributed by atoms with Gasteiger partial charge in [0.15, 0.2) is 5.96 Å². The Morgan fingerprint density at radius 1 is 1.29 bits per heavy atom. The van der Waals surface area contributed by atoms with Crippen molar-refractivity contribution in [1.29, 1.82) is 0 Å². The Balaban J connectivity index is 1.93. The Morgan fingerprint density at radius 2 is 2.17 bits per heavy atom. The first-order chi connectivity index (χ1) is 11.7. The highest BCUT2D eigenvalue weighted by atomic mass is 32.1. The average Bonchev–Trinajstić information content (AvgIpc) is 3.09. The Kier molecular flexibility index (Phi) is 7.71. The van der Waals surface area contributed by atoms with Crippen LogP contribution in [0.4, 0.5) is 4.39 Å². The summed E-state index contributed by atoms with van der Waals surface area (Å²) in [5.74, 6) is 0.525. The fourth-order valence-electron chi connectivity index (χ4n) is 2.26. The summed E-state index contributed by atoms with van der Waals surface area (Å²) in [5.41, 5.74) is 1.51. The molecule has 24 heavy (non-hydrogen) atoms. The number of halogens is 1. The van der Waals surface area contributed by atoms with E-state index in [9.17, 15) is 4.39 Å². The van der Waals surface area contributed by atoms with Crippen LogP contribution in [0.25, 0.3) is 0 Å². The highest BCUT2D eigenvalue weighted by molar-refractivity contribution is 7.09. The first-order valence-electron chi connectivity index (χ1n) is 8.03. The number of benzene rings is 1. The Bertz CT molecular complexity index is 644. The van der Waals surface area contributed by atoms with Crippen LogP contribution < -0.4 is 10.6 Å². The highest BCUT2D eigenvalue weighted by Crippen LogP contribution is 2.12. The van der Waals surface area contributed by atoms with Gasteiger partial charge >= 0.3 is 0 Å². The lowest BCUT2D eigenvalue weighted by Gasteiger charge is -2.11. The molecule has 1 aromatic carbocycles. The van der Waals surface area contributed by atoms with Crippen molar-refractivity contribution in [3.8, 4) is 0 Å². The molecule has 0 fully saturated rings. The molecule has 0 amide bonds. The second-order valence-corrected chi connectivity index (χ2v) is 6.34. The van der Waals surface area contributed by atoms with Crippen molar-refractivity contribution in [2.24, 2.45) is 4.99 Å². The molecule has 1 aromatic heterocycles. The number of ether oxygens (including phenoxy) is 1. The number of aliphatic imine (C=N–C) groups is 1. The normalized spacial score (nSPS) is 11.5. The standard InChI is InChI=1S/C18H24FN3OS/c1-3-20-18(21-9-8-16-5-4-10-24-16)22-12-14-6-7-17(19)15(11-14)13-23-2/h4-7,10-11H,3,8-9,12-13H2,1-2H3,(H2,20,21,22). The van der Waals surface area contributed by atoms with Crippen LogP contribution in [-0.4, -0.2) is 26.2 Å². The van der Waals surface area contributed by atoms with Crippen molar-refractivity contribution < 1.29 is 9.13 Å². The highest BCUT2D eigenvalue weighted by Gasteiger charge is 2.04. The number of nitrogens with one attached hydrogen (secondary N) is 2. The van der Waals surface area contributed by atoms with Crippen LogP contribution in [-0.2, 0) is 24.3 Å². The fourth-order valence-corrected chi connectivity index (χ4v) is 2.97. The maximum Gasteiger partial charge on any atom is 0.191 e. The maximum atomic E-state index is 13.6. The van der Waals surface area contributed by atoms with E-state index in [2.05, 4.69) is 33.1 Å². The fraction of sp³-hybridized carbons (Fsp3) is 0.389. The van der Waals surface area contributed by atoms with Gasteiger partial charge in [-0.2, -0.15) is 0 Å². The van der Waals surface area contributed by atoms with Gasteiger partial charge < -0.3 is 15.4 Å². The molecule has 2 rings (SSSR count). The molecular formula is C18H24FN3OS. The quantitative estimate of drug-likeness (QED) is 0.568. The lowest BCUT2D eigenvalue weighted by atomic mass is 10.1. The third-order valence-corrected chi connectivity index (χ3v) is 4.35. The molecule has 4 nitrogen and oxygen atoms in total. The first-order valence-corrected chi connectivity index (χ1v) is 8.91. The molecule has 0 unspecified atom stereocenters. The zero-order chi connectivity index (χ0) is 17.2. The largest absolute Gasteiger partial charge is 0.380 e. The third kappa shape index (κ3) is 5.94. The van der Waals surface area contributed by atoms with Crippen molar-refractivity contribution >= 4 is 17.3 Å². The summed E-state index contributed by atoms with van der Waals surface area (Å²) in [6.45, 7) is 4.41. The van der Waals surface area contributed by atoms with Crippen LogP contribution in [0.15, 0.2) is 40.7 Å². The Hall–Kier alpha value is -1.92. The molecule has 130 valence electrons. The molecule has 0 aliphatic carbocycles. The summed E-state index contributed by atoms with van der Waals surface area (Å²) >= 11 is 1.76. The average molecular weight is 349 g/mol. The van der Waals surface area contributed by atoms with Gasteiger partial charge in [0, 0.05) is 30.6 Å². The number of thiophene rings is 1. The molecule has 1 heterocycles. The summed E-state index contributed by atoms with van der Waals surface area (Å²) < 4.78 is 18.7. The molecule has 0 aliphatic heterocycles. The van der Waals surface area contributed by atoms with E-state index in [0.29, 0.717) is 12.1 Å².